The van der Waals surface area contributed by atoms with E-state index in [1.165, 1.54) is 4.31 Å². The smallest absolute Gasteiger partial charge is 0.243 e. The van der Waals surface area contributed by atoms with Crippen LogP contribution in [0.4, 0.5) is 0 Å². The van der Waals surface area contributed by atoms with Crippen LogP contribution < -0.4 is 0 Å². The van der Waals surface area contributed by atoms with E-state index < -0.39 is 10.0 Å². The molecule has 29 heavy (non-hydrogen) atoms. The summed E-state index contributed by atoms with van der Waals surface area (Å²) in [5.74, 6) is 0.644. The highest BCUT2D eigenvalue weighted by Crippen LogP contribution is 2.28. The molecule has 4 rings (SSSR count). The second-order valence-corrected chi connectivity index (χ2v) is 9.68. The highest BCUT2D eigenvalue weighted by molar-refractivity contribution is 7.98. The van der Waals surface area contributed by atoms with Gasteiger partial charge >= 0.3 is 0 Å². The average molecular weight is 430 g/mol. The van der Waals surface area contributed by atoms with Crippen molar-refractivity contribution in [1.82, 2.24) is 13.9 Å². The number of benzene rings is 2. The van der Waals surface area contributed by atoms with Crippen LogP contribution in [-0.2, 0) is 27.6 Å². The van der Waals surface area contributed by atoms with Crippen LogP contribution in [0.1, 0.15) is 5.56 Å². The molecule has 0 bridgehead atoms. The van der Waals surface area contributed by atoms with Gasteiger partial charge in [-0.1, -0.05) is 54.2 Å². The lowest BCUT2D eigenvalue weighted by Crippen LogP contribution is -2.40. The first kappa shape index (κ1) is 20.2. The minimum Gasteiger partial charge on any atom is -0.379 e. The molecular weight excluding hydrogens is 406 g/mol. The fourth-order valence-corrected chi connectivity index (χ4v) is 5.66. The second-order valence-electron chi connectivity index (χ2n) is 6.80. The Hall–Kier alpha value is -2.13. The fourth-order valence-electron chi connectivity index (χ4n) is 3.28. The van der Waals surface area contributed by atoms with Crippen molar-refractivity contribution in [3.05, 3.63) is 66.4 Å². The molecule has 2 heterocycles. The van der Waals surface area contributed by atoms with Crippen molar-refractivity contribution in [2.45, 2.75) is 15.8 Å². The molecule has 2 aromatic carbocycles. The molecule has 0 amide bonds. The number of sulfonamides is 1. The van der Waals surface area contributed by atoms with Gasteiger partial charge in [-0.25, -0.2) is 13.4 Å². The van der Waals surface area contributed by atoms with Gasteiger partial charge in [-0.15, -0.1) is 0 Å². The third kappa shape index (κ3) is 4.40. The normalized spacial score (nSPS) is 15.5. The van der Waals surface area contributed by atoms with Gasteiger partial charge in [0, 0.05) is 25.9 Å². The summed E-state index contributed by atoms with van der Waals surface area (Å²) in [6.07, 6.45) is 1.87. The van der Waals surface area contributed by atoms with Crippen molar-refractivity contribution < 1.29 is 13.2 Å². The van der Waals surface area contributed by atoms with Crippen LogP contribution in [0.2, 0.25) is 0 Å². The molecule has 0 radical (unpaired) electrons. The highest BCUT2D eigenvalue weighted by atomic mass is 32.2. The summed E-state index contributed by atoms with van der Waals surface area (Å²) in [5.41, 5.74) is 3.12. The lowest BCUT2D eigenvalue weighted by Gasteiger charge is -2.26. The van der Waals surface area contributed by atoms with Crippen molar-refractivity contribution in [3.8, 4) is 11.3 Å². The third-order valence-corrected chi connectivity index (χ3v) is 7.90. The predicted molar refractivity (Wildman–Crippen MR) is 114 cm³/mol. The number of aromatic nitrogens is 2. The molecule has 0 aliphatic carbocycles. The Morgan fingerprint density at radius 2 is 1.83 bits per heavy atom. The van der Waals surface area contributed by atoms with E-state index in [1.807, 2.05) is 37.5 Å². The quantitative estimate of drug-likeness (QED) is 0.562. The zero-order valence-corrected chi connectivity index (χ0v) is 17.8. The van der Waals surface area contributed by atoms with Crippen molar-refractivity contribution in [1.29, 1.82) is 0 Å². The Morgan fingerprint density at radius 3 is 2.59 bits per heavy atom. The van der Waals surface area contributed by atoms with Gasteiger partial charge in [0.2, 0.25) is 10.0 Å². The van der Waals surface area contributed by atoms with E-state index in [-0.39, 0.29) is 0 Å². The first-order valence-electron chi connectivity index (χ1n) is 9.42. The van der Waals surface area contributed by atoms with Gasteiger partial charge in [-0.2, -0.15) is 4.31 Å². The van der Waals surface area contributed by atoms with Gasteiger partial charge in [-0.3, -0.25) is 0 Å². The molecule has 1 aliphatic heterocycles. The second kappa shape index (κ2) is 8.71. The van der Waals surface area contributed by atoms with E-state index in [4.69, 9.17) is 4.74 Å². The van der Waals surface area contributed by atoms with Crippen LogP contribution in [-0.4, -0.2) is 48.6 Å². The SMILES string of the molecule is Cn1c(-c2ccccc2)cnc1SCc1cccc(S(=O)(=O)N2CCOCC2)c1. The first-order chi connectivity index (χ1) is 14.1. The summed E-state index contributed by atoms with van der Waals surface area (Å²) in [4.78, 5) is 4.87. The molecule has 0 unspecified atom stereocenters. The van der Waals surface area contributed by atoms with Gasteiger partial charge in [-0.05, 0) is 23.3 Å². The van der Waals surface area contributed by atoms with E-state index in [9.17, 15) is 8.42 Å². The molecule has 0 saturated carbocycles. The van der Waals surface area contributed by atoms with E-state index in [0.29, 0.717) is 37.0 Å². The molecule has 0 N–H and O–H groups in total. The molecule has 1 aromatic heterocycles. The number of thioether (sulfide) groups is 1. The number of ether oxygens (including phenoxy) is 1. The van der Waals surface area contributed by atoms with E-state index in [2.05, 4.69) is 21.7 Å². The molecule has 1 saturated heterocycles. The maximum atomic E-state index is 12.9. The van der Waals surface area contributed by atoms with Gasteiger partial charge in [0.1, 0.15) is 0 Å². The molecular formula is C21H23N3O3S2. The van der Waals surface area contributed by atoms with Crippen LogP contribution >= 0.6 is 11.8 Å². The standard InChI is InChI=1S/C21H23N3O3S2/c1-23-20(18-7-3-2-4-8-18)15-22-21(23)28-16-17-6-5-9-19(14-17)29(25,26)24-10-12-27-13-11-24/h2-9,14-15H,10-13,16H2,1H3. The number of rotatable bonds is 6. The van der Waals surface area contributed by atoms with Crippen LogP contribution in [0.15, 0.2) is 70.8 Å². The van der Waals surface area contributed by atoms with Gasteiger partial charge < -0.3 is 9.30 Å². The lowest BCUT2D eigenvalue weighted by molar-refractivity contribution is 0.0730. The third-order valence-electron chi connectivity index (χ3n) is 4.89. The monoisotopic (exact) mass is 429 g/mol. The number of nitrogens with zero attached hydrogens (tertiary/aromatic N) is 3. The summed E-state index contributed by atoms with van der Waals surface area (Å²) in [7, 11) is -1.49. The minimum absolute atomic E-state index is 0.335. The Morgan fingerprint density at radius 1 is 1.07 bits per heavy atom. The van der Waals surface area contributed by atoms with Crippen LogP contribution in [0.5, 0.6) is 0 Å². The summed E-state index contributed by atoms with van der Waals surface area (Å²) >= 11 is 1.59. The summed E-state index contributed by atoms with van der Waals surface area (Å²) in [5, 5.41) is 0.894. The molecule has 152 valence electrons. The molecule has 6 nitrogen and oxygen atoms in total. The van der Waals surface area contributed by atoms with Crippen LogP contribution in [0, 0.1) is 0 Å². The first-order valence-corrected chi connectivity index (χ1v) is 11.8. The number of imidazole rings is 1. The topological polar surface area (TPSA) is 64.4 Å². The Labute approximate surface area is 175 Å². The van der Waals surface area contributed by atoms with Crippen molar-refractivity contribution in [2.24, 2.45) is 7.05 Å². The maximum absolute atomic E-state index is 12.9. The summed E-state index contributed by atoms with van der Waals surface area (Å²) in [6.45, 7) is 1.68. The Kier molecular flexibility index (Phi) is 6.05. The molecule has 8 heteroatoms. The van der Waals surface area contributed by atoms with Crippen LogP contribution in [0.3, 0.4) is 0 Å². The van der Waals surface area contributed by atoms with E-state index in [0.717, 1.165) is 22.0 Å². The molecule has 0 atom stereocenters. The largest absolute Gasteiger partial charge is 0.379 e. The molecule has 0 spiro atoms. The average Bonchev–Trinajstić information content (AvgIpc) is 3.14. The van der Waals surface area contributed by atoms with Crippen LogP contribution in [0.25, 0.3) is 11.3 Å². The number of hydrogen-bond acceptors (Lipinski definition) is 5. The molecule has 3 aromatic rings. The van der Waals surface area contributed by atoms with E-state index >= 15 is 0 Å². The Balaban J connectivity index is 1.49. The summed E-state index contributed by atoms with van der Waals surface area (Å²) < 4.78 is 34.6. The van der Waals surface area contributed by atoms with Gasteiger partial charge in [0.05, 0.1) is 30.0 Å². The number of hydrogen-bond donors (Lipinski definition) is 0. The minimum atomic E-state index is -3.48. The highest BCUT2D eigenvalue weighted by Gasteiger charge is 2.26. The number of morpholine rings is 1. The zero-order chi connectivity index (χ0) is 20.3. The molecule has 1 aliphatic rings. The fraction of sp³-hybridized carbons (Fsp3) is 0.286. The summed E-state index contributed by atoms with van der Waals surface area (Å²) in [6, 6.07) is 17.3. The van der Waals surface area contributed by atoms with Gasteiger partial charge in [0.25, 0.3) is 0 Å². The zero-order valence-electron chi connectivity index (χ0n) is 16.2. The van der Waals surface area contributed by atoms with Crippen molar-refractivity contribution >= 4 is 21.8 Å². The Bertz CT molecular complexity index is 1080. The predicted octanol–water partition coefficient (Wildman–Crippen LogP) is 3.40. The van der Waals surface area contributed by atoms with Crippen molar-refractivity contribution in [2.75, 3.05) is 26.3 Å². The van der Waals surface area contributed by atoms with Crippen molar-refractivity contribution in [3.63, 3.8) is 0 Å². The van der Waals surface area contributed by atoms with E-state index in [1.54, 1.807) is 30.0 Å². The molecule has 1 fully saturated rings. The van der Waals surface area contributed by atoms with Gasteiger partial charge in [0.15, 0.2) is 5.16 Å². The maximum Gasteiger partial charge on any atom is 0.243 e. The lowest BCUT2D eigenvalue weighted by atomic mass is 10.2.